The number of carboxylic acid groups (broad SMARTS) is 1. The fourth-order valence-corrected chi connectivity index (χ4v) is 5.95. The normalized spacial score (nSPS) is 24.7. The smallest absolute Gasteiger partial charge is 0.308 e. The fourth-order valence-electron chi connectivity index (χ4n) is 5.95. The van der Waals surface area contributed by atoms with E-state index in [-0.39, 0.29) is 30.5 Å². The monoisotopic (exact) mass is 525 g/mol. The number of hydrogen-bond donors (Lipinski definition) is 2. The minimum absolute atomic E-state index is 0.0469. The molecule has 4 rings (SSSR count). The second-order valence-electron chi connectivity index (χ2n) is 10.8. The Kier molecular flexibility index (Phi) is 9.91. The van der Waals surface area contributed by atoms with E-state index in [1.165, 1.54) is 0 Å². The summed E-state index contributed by atoms with van der Waals surface area (Å²) in [6, 6.07) is 5.97. The summed E-state index contributed by atoms with van der Waals surface area (Å²) >= 11 is 0. The second kappa shape index (κ2) is 13.3. The lowest BCUT2D eigenvalue weighted by Gasteiger charge is -2.30. The van der Waals surface area contributed by atoms with Crippen LogP contribution in [0.2, 0.25) is 0 Å². The molecular formula is C29H43N5O4. The summed E-state index contributed by atoms with van der Waals surface area (Å²) in [6.45, 7) is 7.44. The van der Waals surface area contributed by atoms with Crippen LogP contribution in [-0.2, 0) is 16.0 Å². The molecule has 3 aliphatic heterocycles. The van der Waals surface area contributed by atoms with Gasteiger partial charge in [-0.25, -0.2) is 4.99 Å². The van der Waals surface area contributed by atoms with Gasteiger partial charge in [0.15, 0.2) is 0 Å². The van der Waals surface area contributed by atoms with Crippen LogP contribution in [0, 0.1) is 5.92 Å². The van der Waals surface area contributed by atoms with Crippen molar-refractivity contribution in [2.75, 3.05) is 39.3 Å². The molecule has 1 unspecified atom stereocenters. The number of likely N-dealkylation sites (tertiary alicyclic amines) is 1. The van der Waals surface area contributed by atoms with Crippen LogP contribution in [0.1, 0.15) is 69.4 Å². The predicted molar refractivity (Wildman–Crippen MR) is 149 cm³/mol. The number of nitrogens with zero attached hydrogens (tertiary/aromatic N) is 4. The van der Waals surface area contributed by atoms with Crippen molar-refractivity contribution in [1.82, 2.24) is 9.80 Å². The van der Waals surface area contributed by atoms with E-state index >= 15 is 0 Å². The van der Waals surface area contributed by atoms with Crippen molar-refractivity contribution in [3.8, 4) is 5.75 Å². The van der Waals surface area contributed by atoms with Crippen molar-refractivity contribution < 1.29 is 19.4 Å². The molecular weight excluding hydrogens is 482 g/mol. The van der Waals surface area contributed by atoms with Crippen molar-refractivity contribution in [3.05, 3.63) is 29.3 Å². The van der Waals surface area contributed by atoms with Gasteiger partial charge in [-0.15, -0.1) is 0 Å². The molecule has 1 aromatic rings. The number of aliphatic carboxylic acids is 1. The van der Waals surface area contributed by atoms with Crippen molar-refractivity contribution in [2.45, 2.75) is 76.8 Å². The molecule has 1 saturated heterocycles. The SMILES string of the molecule is CCCCN(CCCN)C(=O)CN1C[C@H](c2ccc3c(c2)CCO3)[C@@H](C(=O)O)[C@@H]1CCC1=NC(C)CC=N1. The van der Waals surface area contributed by atoms with Gasteiger partial charge in [-0.05, 0) is 49.9 Å². The highest BCUT2D eigenvalue weighted by Gasteiger charge is 2.47. The predicted octanol–water partition coefficient (Wildman–Crippen LogP) is 3.11. The van der Waals surface area contributed by atoms with Gasteiger partial charge in [0, 0.05) is 57.1 Å². The van der Waals surface area contributed by atoms with Crippen molar-refractivity contribution >= 4 is 23.9 Å². The number of amidine groups is 1. The number of nitrogens with two attached hydrogens (primary N) is 1. The third-order valence-corrected chi connectivity index (χ3v) is 8.00. The first-order valence-corrected chi connectivity index (χ1v) is 14.2. The van der Waals surface area contributed by atoms with Gasteiger partial charge < -0.3 is 20.5 Å². The zero-order chi connectivity index (χ0) is 27.1. The van der Waals surface area contributed by atoms with Gasteiger partial charge in [-0.1, -0.05) is 25.5 Å². The number of aliphatic imine (C=N–C) groups is 2. The lowest BCUT2D eigenvalue weighted by atomic mass is 9.83. The molecule has 9 heteroatoms. The number of fused-ring (bicyclic) bond motifs is 1. The zero-order valence-electron chi connectivity index (χ0n) is 22.8. The molecule has 208 valence electrons. The molecule has 0 aliphatic carbocycles. The Morgan fingerprint density at radius 2 is 2.08 bits per heavy atom. The highest BCUT2D eigenvalue weighted by molar-refractivity contribution is 5.91. The van der Waals surface area contributed by atoms with Gasteiger partial charge >= 0.3 is 5.97 Å². The minimum atomic E-state index is -0.819. The molecule has 3 aliphatic rings. The molecule has 3 N–H and O–H groups in total. The largest absolute Gasteiger partial charge is 0.493 e. The summed E-state index contributed by atoms with van der Waals surface area (Å²) < 4.78 is 5.68. The van der Waals surface area contributed by atoms with Crippen molar-refractivity contribution in [1.29, 1.82) is 0 Å². The van der Waals surface area contributed by atoms with Gasteiger partial charge in [-0.2, -0.15) is 0 Å². The zero-order valence-corrected chi connectivity index (χ0v) is 22.8. The molecule has 3 heterocycles. The first-order valence-electron chi connectivity index (χ1n) is 14.2. The first-order chi connectivity index (χ1) is 18.4. The van der Waals surface area contributed by atoms with E-state index in [9.17, 15) is 14.7 Å². The minimum Gasteiger partial charge on any atom is -0.493 e. The van der Waals surface area contributed by atoms with Gasteiger partial charge in [0.05, 0.1) is 25.1 Å². The highest BCUT2D eigenvalue weighted by atomic mass is 16.5. The molecule has 1 fully saturated rings. The molecule has 1 aromatic carbocycles. The van der Waals surface area contributed by atoms with Crippen LogP contribution >= 0.6 is 0 Å². The van der Waals surface area contributed by atoms with E-state index in [4.69, 9.17) is 10.5 Å². The van der Waals surface area contributed by atoms with Crippen LogP contribution < -0.4 is 10.5 Å². The summed E-state index contributed by atoms with van der Waals surface area (Å²) in [5.41, 5.74) is 7.88. The van der Waals surface area contributed by atoms with Crippen LogP contribution in [-0.4, -0.2) is 90.2 Å². The second-order valence-corrected chi connectivity index (χ2v) is 10.8. The van der Waals surface area contributed by atoms with Crippen LogP contribution in [0.5, 0.6) is 5.75 Å². The van der Waals surface area contributed by atoms with E-state index in [1.807, 2.05) is 23.2 Å². The Hall–Kier alpha value is -2.78. The lowest BCUT2D eigenvalue weighted by Crippen LogP contribution is -2.45. The summed E-state index contributed by atoms with van der Waals surface area (Å²) in [7, 11) is 0. The number of ether oxygens (including phenoxy) is 1. The Bertz CT molecular complexity index is 1030. The number of carbonyl (C=O) groups is 2. The van der Waals surface area contributed by atoms with Crippen LogP contribution in [0.25, 0.3) is 0 Å². The molecule has 38 heavy (non-hydrogen) atoms. The third kappa shape index (κ3) is 6.80. The Morgan fingerprint density at radius 3 is 2.82 bits per heavy atom. The molecule has 0 radical (unpaired) electrons. The average molecular weight is 526 g/mol. The topological polar surface area (TPSA) is 121 Å². The van der Waals surface area contributed by atoms with E-state index in [2.05, 4.69) is 34.8 Å². The molecule has 0 bridgehead atoms. The molecule has 0 spiro atoms. The van der Waals surface area contributed by atoms with E-state index < -0.39 is 11.9 Å². The number of unbranched alkanes of at least 4 members (excludes halogenated alkanes) is 1. The number of amides is 1. The third-order valence-electron chi connectivity index (χ3n) is 8.00. The number of carboxylic acids is 1. The Morgan fingerprint density at radius 1 is 1.26 bits per heavy atom. The maximum absolute atomic E-state index is 13.5. The average Bonchev–Trinajstić information content (AvgIpc) is 3.51. The fraction of sp³-hybridized carbons (Fsp3) is 0.655. The lowest BCUT2D eigenvalue weighted by molar-refractivity contribution is -0.143. The first kappa shape index (κ1) is 28.2. The van der Waals surface area contributed by atoms with Gasteiger partial charge in [0.2, 0.25) is 5.91 Å². The molecule has 0 aromatic heterocycles. The molecule has 9 nitrogen and oxygen atoms in total. The van der Waals surface area contributed by atoms with Crippen molar-refractivity contribution in [3.63, 3.8) is 0 Å². The molecule has 1 amide bonds. The summed E-state index contributed by atoms with van der Waals surface area (Å²) in [4.78, 5) is 39.4. The summed E-state index contributed by atoms with van der Waals surface area (Å²) in [6.07, 6.45) is 7.45. The summed E-state index contributed by atoms with van der Waals surface area (Å²) in [5.74, 6) is 0.0496. The van der Waals surface area contributed by atoms with Crippen LogP contribution in [0.15, 0.2) is 28.2 Å². The number of hydrogen-bond acceptors (Lipinski definition) is 7. The molecule has 4 atom stereocenters. The standard InChI is InChI=1S/C29H43N5O4/c1-3-4-14-33(15-5-12-30)27(35)19-34-18-23(21-6-8-25-22(17-21)11-16-38-25)28(29(36)37)24(34)7-9-26-31-13-10-20(2)32-26/h6,8,13,17,20,23-24,28H,3-5,7,9-12,14-16,18-19,30H2,1-2H3,(H,36,37)/t20?,23-,24+,28-/m1/s1. The maximum Gasteiger partial charge on any atom is 0.308 e. The molecule has 0 saturated carbocycles. The number of carbonyl (C=O) groups excluding carboxylic acids is 1. The maximum atomic E-state index is 13.5. The number of benzene rings is 1. The van der Waals surface area contributed by atoms with E-state index in [0.717, 1.165) is 54.8 Å². The van der Waals surface area contributed by atoms with Gasteiger partial charge in [0.25, 0.3) is 0 Å². The Labute approximate surface area is 226 Å². The number of rotatable bonds is 13. The van der Waals surface area contributed by atoms with Crippen LogP contribution in [0.4, 0.5) is 0 Å². The van der Waals surface area contributed by atoms with E-state index in [0.29, 0.717) is 45.6 Å². The van der Waals surface area contributed by atoms with Gasteiger partial charge in [-0.3, -0.25) is 19.5 Å². The van der Waals surface area contributed by atoms with Crippen molar-refractivity contribution in [2.24, 2.45) is 21.6 Å². The van der Waals surface area contributed by atoms with Crippen LogP contribution in [0.3, 0.4) is 0 Å². The highest BCUT2D eigenvalue weighted by Crippen LogP contribution is 2.41. The Balaban J connectivity index is 1.58. The summed E-state index contributed by atoms with van der Waals surface area (Å²) in [5, 5.41) is 10.5. The quantitative estimate of drug-likeness (QED) is 0.408. The van der Waals surface area contributed by atoms with E-state index in [1.54, 1.807) is 0 Å². The van der Waals surface area contributed by atoms with Gasteiger partial charge in [0.1, 0.15) is 11.6 Å².